The Morgan fingerprint density at radius 3 is 2.50 bits per heavy atom. The van der Waals surface area contributed by atoms with Gasteiger partial charge < -0.3 is 9.72 Å². The molecule has 5 heteroatoms. The van der Waals surface area contributed by atoms with Gasteiger partial charge >= 0.3 is 6.18 Å². The van der Waals surface area contributed by atoms with Gasteiger partial charge in [0.05, 0.1) is 12.7 Å². The maximum absolute atomic E-state index is 12.7. The van der Waals surface area contributed by atoms with Gasteiger partial charge in [-0.3, -0.25) is 0 Å². The number of nitrogens with one attached hydrogen (secondary N) is 1. The van der Waals surface area contributed by atoms with Crippen molar-refractivity contribution in [2.75, 3.05) is 7.11 Å². The Bertz CT molecular complexity index is 528. The van der Waals surface area contributed by atoms with Gasteiger partial charge in [0.25, 0.3) is 0 Å². The van der Waals surface area contributed by atoms with E-state index in [1.807, 2.05) is 6.92 Å². The molecule has 0 saturated heterocycles. The molecule has 86 valence electrons. The molecule has 16 heavy (non-hydrogen) atoms. The molecule has 2 aromatic rings. The van der Waals surface area contributed by atoms with Gasteiger partial charge in [-0.05, 0) is 24.6 Å². The van der Waals surface area contributed by atoms with Gasteiger partial charge in [-0.2, -0.15) is 13.2 Å². The number of methoxy groups -OCH3 is 1. The second-order valence-corrected chi connectivity index (χ2v) is 3.57. The van der Waals surface area contributed by atoms with Gasteiger partial charge in [-0.1, -0.05) is 0 Å². The Kier molecular flexibility index (Phi) is 2.33. The van der Waals surface area contributed by atoms with E-state index in [-0.39, 0.29) is 5.75 Å². The average Bonchev–Trinajstić information content (AvgIpc) is 2.57. The number of fused-ring (bicyclic) bond motifs is 1. The van der Waals surface area contributed by atoms with Crippen molar-refractivity contribution in [3.8, 4) is 5.75 Å². The number of hydrogen-bond donors (Lipinski definition) is 1. The number of alkyl halides is 3. The van der Waals surface area contributed by atoms with Crippen LogP contribution in [0.4, 0.5) is 13.2 Å². The van der Waals surface area contributed by atoms with Crippen LogP contribution in [0.2, 0.25) is 0 Å². The Balaban J connectivity index is 2.74. The van der Waals surface area contributed by atoms with Gasteiger partial charge in [0.15, 0.2) is 0 Å². The van der Waals surface area contributed by atoms with Gasteiger partial charge in [-0.15, -0.1) is 0 Å². The zero-order valence-corrected chi connectivity index (χ0v) is 8.77. The van der Waals surface area contributed by atoms with Crippen LogP contribution in [0, 0.1) is 6.92 Å². The summed E-state index contributed by atoms with van der Waals surface area (Å²) in [7, 11) is 1.23. The number of aryl methyl sites for hydroxylation is 1. The predicted octanol–water partition coefficient (Wildman–Crippen LogP) is 3.50. The standard InChI is InChI=1S/C11H10F3NO/c1-6-5-15-9-4-8(11(12,13)14)10(16-2)3-7(6)9/h3-5,15H,1-2H3. The average molecular weight is 229 g/mol. The molecule has 0 unspecified atom stereocenters. The largest absolute Gasteiger partial charge is 0.496 e. The van der Waals surface area contributed by atoms with Crippen molar-refractivity contribution in [2.45, 2.75) is 13.1 Å². The van der Waals surface area contributed by atoms with E-state index < -0.39 is 11.7 Å². The van der Waals surface area contributed by atoms with E-state index in [9.17, 15) is 13.2 Å². The summed E-state index contributed by atoms with van der Waals surface area (Å²) in [4.78, 5) is 2.80. The SMILES string of the molecule is COc1cc2c(C)c[nH]c2cc1C(F)(F)F. The highest BCUT2D eigenvalue weighted by Gasteiger charge is 2.34. The number of benzene rings is 1. The van der Waals surface area contributed by atoms with E-state index in [1.165, 1.54) is 13.2 Å². The van der Waals surface area contributed by atoms with Crippen LogP contribution in [0.15, 0.2) is 18.3 Å². The zero-order chi connectivity index (χ0) is 11.9. The molecule has 0 aliphatic rings. The van der Waals surface area contributed by atoms with Crippen LogP contribution < -0.4 is 4.74 Å². The van der Waals surface area contributed by atoms with Crippen LogP contribution in [0.5, 0.6) is 5.75 Å². The molecular weight excluding hydrogens is 219 g/mol. The summed E-state index contributed by atoms with van der Waals surface area (Å²) in [6, 6.07) is 2.48. The quantitative estimate of drug-likeness (QED) is 0.795. The molecule has 0 aliphatic carbocycles. The summed E-state index contributed by atoms with van der Waals surface area (Å²) in [6.45, 7) is 1.82. The third kappa shape index (κ3) is 1.62. The number of aromatic amines is 1. The Labute approximate surface area is 90.0 Å². The number of hydrogen-bond acceptors (Lipinski definition) is 1. The van der Waals surface area contributed by atoms with Crippen molar-refractivity contribution in [2.24, 2.45) is 0 Å². The molecule has 0 saturated carbocycles. The van der Waals surface area contributed by atoms with Crippen LogP contribution in [0.25, 0.3) is 10.9 Å². The molecule has 0 atom stereocenters. The summed E-state index contributed by atoms with van der Waals surface area (Å²) < 4.78 is 42.8. The smallest absolute Gasteiger partial charge is 0.420 e. The molecule has 1 aromatic heterocycles. The van der Waals surface area contributed by atoms with Crippen molar-refractivity contribution in [3.05, 3.63) is 29.5 Å². The first-order valence-electron chi connectivity index (χ1n) is 4.66. The normalized spacial score (nSPS) is 12.1. The fourth-order valence-electron chi connectivity index (χ4n) is 1.68. The molecule has 2 nitrogen and oxygen atoms in total. The number of rotatable bonds is 1. The summed E-state index contributed by atoms with van der Waals surface area (Å²) in [5.41, 5.74) is 0.594. The van der Waals surface area contributed by atoms with E-state index >= 15 is 0 Å². The lowest BCUT2D eigenvalue weighted by Crippen LogP contribution is -2.07. The minimum absolute atomic E-state index is 0.150. The van der Waals surface area contributed by atoms with Crippen LogP contribution in [-0.2, 0) is 6.18 Å². The molecule has 1 aromatic carbocycles. The molecule has 2 rings (SSSR count). The Morgan fingerprint density at radius 1 is 1.25 bits per heavy atom. The molecule has 0 fully saturated rings. The lowest BCUT2D eigenvalue weighted by Gasteiger charge is -2.12. The Morgan fingerprint density at radius 2 is 1.94 bits per heavy atom. The molecule has 1 N–H and O–H groups in total. The third-order valence-corrected chi connectivity index (χ3v) is 2.51. The van der Waals surface area contributed by atoms with Crippen LogP contribution in [0.1, 0.15) is 11.1 Å². The predicted molar refractivity (Wildman–Crippen MR) is 54.6 cm³/mol. The number of H-pyrrole nitrogens is 1. The molecule has 0 spiro atoms. The maximum Gasteiger partial charge on any atom is 0.420 e. The van der Waals surface area contributed by atoms with Crippen molar-refractivity contribution >= 4 is 10.9 Å². The molecule has 1 heterocycles. The summed E-state index contributed by atoms with van der Waals surface area (Å²) >= 11 is 0. The van der Waals surface area contributed by atoms with Gasteiger partial charge in [0.1, 0.15) is 5.75 Å². The van der Waals surface area contributed by atoms with Gasteiger partial charge in [0.2, 0.25) is 0 Å². The summed E-state index contributed by atoms with van der Waals surface area (Å²) in [6.07, 6.45) is -2.73. The first kappa shape index (κ1) is 10.9. The number of aromatic nitrogens is 1. The minimum Gasteiger partial charge on any atom is -0.496 e. The highest BCUT2D eigenvalue weighted by Crippen LogP contribution is 2.38. The molecule has 0 amide bonds. The van der Waals surface area contributed by atoms with E-state index in [0.29, 0.717) is 5.52 Å². The minimum atomic E-state index is -4.40. The monoisotopic (exact) mass is 229 g/mol. The maximum atomic E-state index is 12.7. The second-order valence-electron chi connectivity index (χ2n) is 3.57. The number of ether oxygens (including phenoxy) is 1. The topological polar surface area (TPSA) is 25.0 Å². The van der Waals surface area contributed by atoms with Crippen molar-refractivity contribution in [3.63, 3.8) is 0 Å². The fraction of sp³-hybridized carbons (Fsp3) is 0.273. The van der Waals surface area contributed by atoms with Crippen LogP contribution in [0.3, 0.4) is 0 Å². The lowest BCUT2D eigenvalue weighted by molar-refractivity contribution is -0.138. The van der Waals surface area contributed by atoms with Crippen molar-refractivity contribution in [1.82, 2.24) is 4.98 Å². The van der Waals surface area contributed by atoms with E-state index in [1.54, 1.807) is 6.20 Å². The van der Waals surface area contributed by atoms with Crippen molar-refractivity contribution in [1.29, 1.82) is 0 Å². The first-order chi connectivity index (χ1) is 7.43. The van der Waals surface area contributed by atoms with Crippen molar-refractivity contribution < 1.29 is 17.9 Å². The lowest BCUT2D eigenvalue weighted by atomic mass is 10.1. The van der Waals surface area contributed by atoms with Gasteiger partial charge in [0, 0.05) is 17.1 Å². The van der Waals surface area contributed by atoms with Crippen LogP contribution >= 0.6 is 0 Å². The van der Waals surface area contributed by atoms with E-state index in [2.05, 4.69) is 4.98 Å². The molecular formula is C11H10F3NO. The van der Waals surface area contributed by atoms with Crippen LogP contribution in [-0.4, -0.2) is 12.1 Å². The fourth-order valence-corrected chi connectivity index (χ4v) is 1.68. The van der Waals surface area contributed by atoms with Gasteiger partial charge in [-0.25, -0.2) is 0 Å². The molecule has 0 radical (unpaired) electrons. The molecule has 0 aliphatic heterocycles. The van der Waals surface area contributed by atoms with E-state index in [0.717, 1.165) is 17.0 Å². The summed E-state index contributed by atoms with van der Waals surface area (Å²) in [5, 5.41) is 0.741. The second kappa shape index (κ2) is 3.43. The Hall–Kier alpha value is -1.65. The molecule has 0 bridgehead atoms. The first-order valence-corrected chi connectivity index (χ1v) is 4.66. The third-order valence-electron chi connectivity index (χ3n) is 2.51. The highest BCUT2D eigenvalue weighted by molar-refractivity contribution is 5.85. The zero-order valence-electron chi connectivity index (χ0n) is 8.77. The highest BCUT2D eigenvalue weighted by atomic mass is 19.4. The van der Waals surface area contributed by atoms with E-state index in [4.69, 9.17) is 4.74 Å². The number of halogens is 3. The summed E-state index contributed by atoms with van der Waals surface area (Å²) in [5.74, 6) is -0.150.